The van der Waals surface area contributed by atoms with Crippen LogP contribution in [-0.4, -0.2) is 25.3 Å². The Morgan fingerprint density at radius 1 is 1.07 bits per heavy atom. The van der Waals surface area contributed by atoms with Gasteiger partial charge in [-0.2, -0.15) is 0 Å². The van der Waals surface area contributed by atoms with Crippen molar-refractivity contribution >= 4 is 0 Å². The summed E-state index contributed by atoms with van der Waals surface area (Å²) in [5.74, 6) is 0. The molecule has 2 heteroatoms. The minimum absolute atomic E-state index is 0.257. The summed E-state index contributed by atoms with van der Waals surface area (Å²) in [7, 11) is 0. The van der Waals surface area contributed by atoms with Crippen LogP contribution in [-0.2, 0) is 4.74 Å². The first-order chi connectivity index (χ1) is 6.62. The summed E-state index contributed by atoms with van der Waals surface area (Å²) in [4.78, 5) is 0. The molecule has 2 nitrogen and oxygen atoms in total. The first kappa shape index (κ1) is 13.9. The van der Waals surface area contributed by atoms with Crippen molar-refractivity contribution in [2.75, 3.05) is 19.8 Å². The monoisotopic (exact) mass is 201 g/mol. The van der Waals surface area contributed by atoms with Crippen molar-refractivity contribution < 1.29 is 4.74 Å². The van der Waals surface area contributed by atoms with Gasteiger partial charge >= 0.3 is 0 Å². The number of nitrogens with one attached hydrogen (secondary N) is 1. The van der Waals surface area contributed by atoms with Gasteiger partial charge in [0, 0.05) is 18.7 Å². The molecule has 0 saturated heterocycles. The molecule has 0 bridgehead atoms. The van der Waals surface area contributed by atoms with Crippen LogP contribution in [0.15, 0.2) is 0 Å². The van der Waals surface area contributed by atoms with Crippen molar-refractivity contribution in [2.45, 2.75) is 58.9 Å². The predicted octanol–water partition coefficient (Wildman–Crippen LogP) is 2.97. The van der Waals surface area contributed by atoms with E-state index in [9.17, 15) is 0 Å². The first-order valence-electron chi connectivity index (χ1n) is 5.95. The van der Waals surface area contributed by atoms with Crippen molar-refractivity contribution in [3.8, 4) is 0 Å². The molecule has 0 fully saturated rings. The third-order valence-corrected chi connectivity index (χ3v) is 2.63. The van der Waals surface area contributed by atoms with E-state index in [0.717, 1.165) is 26.2 Å². The minimum Gasteiger partial charge on any atom is -0.380 e. The van der Waals surface area contributed by atoms with Gasteiger partial charge in [-0.1, -0.05) is 26.7 Å². The fourth-order valence-electron chi connectivity index (χ4n) is 1.14. The van der Waals surface area contributed by atoms with E-state index < -0.39 is 0 Å². The van der Waals surface area contributed by atoms with Gasteiger partial charge in [0.05, 0.1) is 6.61 Å². The van der Waals surface area contributed by atoms with E-state index in [4.69, 9.17) is 4.74 Å². The third kappa shape index (κ3) is 8.52. The van der Waals surface area contributed by atoms with E-state index in [1.807, 2.05) is 0 Å². The molecule has 1 N–H and O–H groups in total. The summed E-state index contributed by atoms with van der Waals surface area (Å²) in [5.41, 5.74) is 0.257. The molecule has 0 aliphatic carbocycles. The molecular weight excluding hydrogens is 174 g/mol. The van der Waals surface area contributed by atoms with Crippen molar-refractivity contribution in [3.05, 3.63) is 0 Å². The normalized spacial score (nSPS) is 12.0. The Morgan fingerprint density at radius 3 is 2.36 bits per heavy atom. The van der Waals surface area contributed by atoms with Crippen molar-refractivity contribution in [2.24, 2.45) is 0 Å². The van der Waals surface area contributed by atoms with Crippen LogP contribution in [0.5, 0.6) is 0 Å². The lowest BCUT2D eigenvalue weighted by Gasteiger charge is -2.24. The van der Waals surface area contributed by atoms with Crippen LogP contribution in [0.3, 0.4) is 0 Å². The van der Waals surface area contributed by atoms with Gasteiger partial charge in [0.25, 0.3) is 0 Å². The van der Waals surface area contributed by atoms with E-state index in [1.54, 1.807) is 0 Å². The SMILES string of the molecule is CCCCCOCCNC(C)(C)CC. The highest BCUT2D eigenvalue weighted by Crippen LogP contribution is 2.05. The minimum atomic E-state index is 0.257. The zero-order chi connectivity index (χ0) is 10.9. The summed E-state index contributed by atoms with van der Waals surface area (Å²) >= 11 is 0. The van der Waals surface area contributed by atoms with Crippen LogP contribution < -0.4 is 5.32 Å². The van der Waals surface area contributed by atoms with Gasteiger partial charge in [-0.15, -0.1) is 0 Å². The molecule has 0 unspecified atom stereocenters. The van der Waals surface area contributed by atoms with E-state index in [1.165, 1.54) is 19.3 Å². The average molecular weight is 201 g/mol. The zero-order valence-electron chi connectivity index (χ0n) is 10.4. The average Bonchev–Trinajstić information content (AvgIpc) is 2.16. The molecule has 0 aromatic rings. The molecular formula is C12H27NO. The Labute approximate surface area is 89.4 Å². The fraction of sp³-hybridized carbons (Fsp3) is 1.00. The maximum Gasteiger partial charge on any atom is 0.0591 e. The Kier molecular flexibility index (Phi) is 8.20. The summed E-state index contributed by atoms with van der Waals surface area (Å²) in [6, 6.07) is 0. The second-order valence-electron chi connectivity index (χ2n) is 4.48. The standard InChI is InChI=1S/C12H27NO/c1-5-7-8-10-14-11-9-13-12(3,4)6-2/h13H,5-11H2,1-4H3. The summed E-state index contributed by atoms with van der Waals surface area (Å²) in [6.45, 7) is 11.6. The van der Waals surface area contributed by atoms with Gasteiger partial charge in [-0.3, -0.25) is 0 Å². The molecule has 0 saturated carbocycles. The highest BCUT2D eigenvalue weighted by Gasteiger charge is 2.12. The van der Waals surface area contributed by atoms with Crippen LogP contribution in [0.2, 0.25) is 0 Å². The summed E-state index contributed by atoms with van der Waals surface area (Å²) < 4.78 is 5.51. The van der Waals surface area contributed by atoms with Crippen LogP contribution >= 0.6 is 0 Å². The van der Waals surface area contributed by atoms with E-state index >= 15 is 0 Å². The molecule has 0 aliphatic heterocycles. The molecule has 0 aromatic carbocycles. The highest BCUT2D eigenvalue weighted by molar-refractivity contribution is 4.74. The maximum absolute atomic E-state index is 5.51. The molecule has 0 spiro atoms. The molecule has 0 atom stereocenters. The largest absolute Gasteiger partial charge is 0.380 e. The molecule has 0 amide bonds. The predicted molar refractivity (Wildman–Crippen MR) is 62.7 cm³/mol. The third-order valence-electron chi connectivity index (χ3n) is 2.63. The summed E-state index contributed by atoms with van der Waals surface area (Å²) in [6.07, 6.45) is 4.91. The van der Waals surface area contributed by atoms with E-state index in [-0.39, 0.29) is 5.54 Å². The zero-order valence-corrected chi connectivity index (χ0v) is 10.4. The Morgan fingerprint density at radius 2 is 1.79 bits per heavy atom. The topological polar surface area (TPSA) is 21.3 Å². The molecule has 0 radical (unpaired) electrons. The number of ether oxygens (including phenoxy) is 1. The Bertz CT molecular complexity index is 123. The lowest BCUT2D eigenvalue weighted by molar-refractivity contribution is 0.126. The molecule has 0 aromatic heterocycles. The van der Waals surface area contributed by atoms with E-state index in [2.05, 4.69) is 33.0 Å². The fourth-order valence-corrected chi connectivity index (χ4v) is 1.14. The van der Waals surface area contributed by atoms with Crippen molar-refractivity contribution in [3.63, 3.8) is 0 Å². The second-order valence-corrected chi connectivity index (χ2v) is 4.48. The number of unbranched alkanes of at least 4 members (excludes halogenated alkanes) is 2. The first-order valence-corrected chi connectivity index (χ1v) is 5.95. The maximum atomic E-state index is 5.51. The highest BCUT2D eigenvalue weighted by atomic mass is 16.5. The van der Waals surface area contributed by atoms with Crippen LogP contribution in [0.1, 0.15) is 53.4 Å². The van der Waals surface area contributed by atoms with Crippen LogP contribution in [0.25, 0.3) is 0 Å². The van der Waals surface area contributed by atoms with Gasteiger partial charge < -0.3 is 10.1 Å². The van der Waals surface area contributed by atoms with Gasteiger partial charge in [0.15, 0.2) is 0 Å². The molecule has 0 aliphatic rings. The van der Waals surface area contributed by atoms with E-state index in [0.29, 0.717) is 0 Å². The Balaban J connectivity index is 3.13. The number of hydrogen-bond acceptors (Lipinski definition) is 2. The molecule has 14 heavy (non-hydrogen) atoms. The lowest BCUT2D eigenvalue weighted by Crippen LogP contribution is -2.40. The summed E-state index contributed by atoms with van der Waals surface area (Å²) in [5, 5.41) is 3.47. The lowest BCUT2D eigenvalue weighted by atomic mass is 10.0. The molecule has 0 heterocycles. The van der Waals surface area contributed by atoms with Crippen LogP contribution in [0, 0.1) is 0 Å². The quantitative estimate of drug-likeness (QED) is 0.579. The molecule has 0 rings (SSSR count). The van der Waals surface area contributed by atoms with Gasteiger partial charge in [0.1, 0.15) is 0 Å². The smallest absolute Gasteiger partial charge is 0.0591 e. The van der Waals surface area contributed by atoms with Gasteiger partial charge in [0.2, 0.25) is 0 Å². The van der Waals surface area contributed by atoms with Crippen LogP contribution in [0.4, 0.5) is 0 Å². The second kappa shape index (κ2) is 8.25. The van der Waals surface area contributed by atoms with Crippen molar-refractivity contribution in [1.29, 1.82) is 0 Å². The Hall–Kier alpha value is -0.0800. The van der Waals surface area contributed by atoms with Gasteiger partial charge in [-0.05, 0) is 26.7 Å². The van der Waals surface area contributed by atoms with Crippen molar-refractivity contribution in [1.82, 2.24) is 5.32 Å². The van der Waals surface area contributed by atoms with Gasteiger partial charge in [-0.25, -0.2) is 0 Å². The number of rotatable bonds is 9. The molecule has 86 valence electrons. The number of hydrogen-bond donors (Lipinski definition) is 1.